The van der Waals surface area contributed by atoms with E-state index < -0.39 is 0 Å². The molecule has 1 aromatic heterocycles. The topological polar surface area (TPSA) is 60.5 Å². The summed E-state index contributed by atoms with van der Waals surface area (Å²) in [6.45, 7) is 4.30. The van der Waals surface area contributed by atoms with Gasteiger partial charge >= 0.3 is 5.97 Å². The molecule has 1 N–H and O–H groups in total. The normalized spacial score (nSPS) is 17.9. The lowest BCUT2D eigenvalue weighted by atomic mass is 10.00. The molecule has 1 fully saturated rings. The average molecular weight is 264 g/mol. The van der Waals surface area contributed by atoms with E-state index in [1.807, 2.05) is 0 Å². The summed E-state index contributed by atoms with van der Waals surface area (Å²) in [6.07, 6.45) is 5.46. The minimum absolute atomic E-state index is 0.337. The van der Waals surface area contributed by atoms with E-state index in [1.54, 1.807) is 31.5 Å². The van der Waals surface area contributed by atoms with Crippen LogP contribution in [0.3, 0.4) is 0 Å². The molecule has 1 aromatic rings. The molecule has 1 unspecified atom stereocenters. The number of rotatable bonds is 5. The highest BCUT2D eigenvalue weighted by molar-refractivity contribution is 5.76. The van der Waals surface area contributed by atoms with E-state index in [2.05, 4.69) is 10.3 Å². The van der Waals surface area contributed by atoms with Crippen molar-refractivity contribution in [2.45, 2.75) is 25.7 Å². The third-order valence-corrected chi connectivity index (χ3v) is 3.46. The third kappa shape index (κ3) is 4.29. The highest BCUT2D eigenvalue weighted by Gasteiger charge is 2.19. The molecule has 2 rings (SSSR count). The van der Waals surface area contributed by atoms with Gasteiger partial charge in [0.15, 0.2) is 0 Å². The van der Waals surface area contributed by atoms with Gasteiger partial charge in [-0.25, -0.2) is 4.79 Å². The Morgan fingerprint density at radius 2 is 2.11 bits per heavy atom. The molecule has 0 saturated carbocycles. The van der Waals surface area contributed by atoms with Gasteiger partial charge in [0.25, 0.3) is 0 Å². The SMILES string of the molecule is CC(C(=O)OOCC1CCNCC1)c1ccncc1. The maximum absolute atomic E-state index is 11.8. The van der Waals surface area contributed by atoms with E-state index in [0.717, 1.165) is 31.5 Å². The van der Waals surface area contributed by atoms with Crippen LogP contribution in [0.4, 0.5) is 0 Å². The Kier molecular flexibility index (Phi) is 5.30. The zero-order valence-electron chi connectivity index (χ0n) is 11.2. The summed E-state index contributed by atoms with van der Waals surface area (Å²) in [4.78, 5) is 25.7. The Hall–Kier alpha value is -1.46. The van der Waals surface area contributed by atoms with Crippen molar-refractivity contribution in [3.05, 3.63) is 30.1 Å². The zero-order chi connectivity index (χ0) is 13.5. The van der Waals surface area contributed by atoms with Crippen LogP contribution in [0.2, 0.25) is 0 Å². The van der Waals surface area contributed by atoms with Crippen molar-refractivity contribution in [3.8, 4) is 0 Å². The molecular weight excluding hydrogens is 244 g/mol. The number of pyridine rings is 1. The first kappa shape index (κ1) is 14.0. The summed E-state index contributed by atoms with van der Waals surface area (Å²) < 4.78 is 0. The molecule has 0 aliphatic carbocycles. The van der Waals surface area contributed by atoms with Gasteiger partial charge in [0.2, 0.25) is 0 Å². The van der Waals surface area contributed by atoms with Gasteiger partial charge in [-0.1, -0.05) is 0 Å². The van der Waals surface area contributed by atoms with Crippen molar-refractivity contribution in [2.75, 3.05) is 19.7 Å². The maximum atomic E-state index is 11.8. The molecule has 0 spiro atoms. The fraction of sp³-hybridized carbons (Fsp3) is 0.571. The number of piperidine rings is 1. The standard InChI is InChI=1S/C14H20N2O3/c1-11(13-4-8-16-9-5-13)14(17)19-18-10-12-2-6-15-7-3-12/h4-5,8-9,11-12,15H,2-3,6-7,10H2,1H3. The highest BCUT2D eigenvalue weighted by atomic mass is 17.2. The second-order valence-electron chi connectivity index (χ2n) is 4.88. The van der Waals surface area contributed by atoms with E-state index in [9.17, 15) is 4.79 Å². The Balaban J connectivity index is 1.72. The molecule has 1 saturated heterocycles. The molecule has 19 heavy (non-hydrogen) atoms. The molecule has 2 heterocycles. The quantitative estimate of drug-likeness (QED) is 0.647. The van der Waals surface area contributed by atoms with Crippen LogP contribution in [0.25, 0.3) is 0 Å². The molecule has 1 atom stereocenters. The van der Waals surface area contributed by atoms with Crippen LogP contribution in [0.15, 0.2) is 24.5 Å². The van der Waals surface area contributed by atoms with Gasteiger partial charge in [-0.15, -0.1) is 0 Å². The first-order valence-electron chi connectivity index (χ1n) is 6.71. The fourth-order valence-electron chi connectivity index (χ4n) is 2.10. The predicted molar refractivity (Wildman–Crippen MR) is 70.3 cm³/mol. The number of carbonyl (C=O) groups is 1. The molecular formula is C14H20N2O3. The smallest absolute Gasteiger partial charge is 0.317 e. The Morgan fingerprint density at radius 1 is 1.42 bits per heavy atom. The first-order chi connectivity index (χ1) is 9.27. The van der Waals surface area contributed by atoms with Crippen molar-refractivity contribution in [3.63, 3.8) is 0 Å². The minimum Gasteiger partial charge on any atom is -0.317 e. The summed E-state index contributed by atoms with van der Waals surface area (Å²) in [6, 6.07) is 3.61. The summed E-state index contributed by atoms with van der Waals surface area (Å²) >= 11 is 0. The predicted octanol–water partition coefficient (Wildman–Crippen LogP) is 1.66. The van der Waals surface area contributed by atoms with Gasteiger partial charge < -0.3 is 5.32 Å². The summed E-state index contributed by atoms with van der Waals surface area (Å²) in [7, 11) is 0. The second kappa shape index (κ2) is 7.21. The van der Waals surface area contributed by atoms with Gasteiger partial charge in [0.1, 0.15) is 0 Å². The number of nitrogens with one attached hydrogen (secondary N) is 1. The van der Waals surface area contributed by atoms with Crippen LogP contribution in [-0.2, 0) is 14.6 Å². The molecule has 0 bridgehead atoms. The highest BCUT2D eigenvalue weighted by Crippen LogP contribution is 2.17. The number of hydrogen-bond donors (Lipinski definition) is 1. The van der Waals surface area contributed by atoms with Crippen molar-refractivity contribution >= 4 is 5.97 Å². The second-order valence-corrected chi connectivity index (χ2v) is 4.88. The average Bonchev–Trinajstić information content (AvgIpc) is 2.48. The number of aromatic nitrogens is 1. The molecule has 1 aliphatic rings. The van der Waals surface area contributed by atoms with E-state index in [1.165, 1.54) is 0 Å². The Morgan fingerprint density at radius 3 is 2.79 bits per heavy atom. The van der Waals surface area contributed by atoms with Gasteiger partial charge in [-0.3, -0.25) is 9.87 Å². The molecule has 1 aliphatic heterocycles. The monoisotopic (exact) mass is 264 g/mol. The van der Waals surface area contributed by atoms with Crippen molar-refractivity contribution in [1.82, 2.24) is 10.3 Å². The van der Waals surface area contributed by atoms with E-state index in [0.29, 0.717) is 12.5 Å². The molecule has 0 radical (unpaired) electrons. The molecule has 5 nitrogen and oxygen atoms in total. The molecule has 104 valence electrons. The largest absolute Gasteiger partial charge is 0.349 e. The molecule has 0 aromatic carbocycles. The lowest BCUT2D eigenvalue weighted by Gasteiger charge is -2.21. The lowest BCUT2D eigenvalue weighted by molar-refractivity contribution is -0.279. The maximum Gasteiger partial charge on any atom is 0.349 e. The Labute approximate surface area is 113 Å². The Bertz CT molecular complexity index is 391. The van der Waals surface area contributed by atoms with E-state index >= 15 is 0 Å². The molecule has 0 amide bonds. The fourth-order valence-corrected chi connectivity index (χ4v) is 2.10. The lowest BCUT2D eigenvalue weighted by Crippen LogP contribution is -2.30. The van der Waals surface area contributed by atoms with Crippen LogP contribution < -0.4 is 5.32 Å². The third-order valence-electron chi connectivity index (χ3n) is 3.46. The van der Waals surface area contributed by atoms with Crippen molar-refractivity contribution in [2.24, 2.45) is 5.92 Å². The van der Waals surface area contributed by atoms with Gasteiger partial charge in [0, 0.05) is 12.4 Å². The summed E-state index contributed by atoms with van der Waals surface area (Å²) in [5.41, 5.74) is 0.880. The van der Waals surface area contributed by atoms with Crippen molar-refractivity contribution in [1.29, 1.82) is 0 Å². The molecule has 5 heteroatoms. The number of nitrogens with zero attached hydrogens (tertiary/aromatic N) is 1. The number of hydrogen-bond acceptors (Lipinski definition) is 5. The van der Waals surface area contributed by atoms with Crippen LogP contribution in [-0.4, -0.2) is 30.6 Å². The summed E-state index contributed by atoms with van der Waals surface area (Å²) in [5, 5.41) is 3.28. The van der Waals surface area contributed by atoms with Crippen LogP contribution in [0.1, 0.15) is 31.2 Å². The summed E-state index contributed by atoms with van der Waals surface area (Å²) in [5.74, 6) is -0.221. The van der Waals surface area contributed by atoms with Crippen molar-refractivity contribution < 1.29 is 14.6 Å². The van der Waals surface area contributed by atoms with E-state index in [4.69, 9.17) is 9.78 Å². The van der Waals surface area contributed by atoms with Crippen LogP contribution in [0.5, 0.6) is 0 Å². The van der Waals surface area contributed by atoms with E-state index in [-0.39, 0.29) is 11.9 Å². The van der Waals surface area contributed by atoms with Gasteiger partial charge in [-0.05, 0) is 56.5 Å². The minimum atomic E-state index is -0.361. The number of carbonyl (C=O) groups excluding carboxylic acids is 1. The van der Waals surface area contributed by atoms with Gasteiger partial charge in [-0.2, -0.15) is 4.89 Å². The zero-order valence-corrected chi connectivity index (χ0v) is 11.2. The van der Waals surface area contributed by atoms with Crippen LogP contribution in [0, 0.1) is 5.92 Å². The van der Waals surface area contributed by atoms with Gasteiger partial charge in [0.05, 0.1) is 12.5 Å². The first-order valence-corrected chi connectivity index (χ1v) is 6.71. The van der Waals surface area contributed by atoms with Crippen LogP contribution >= 0.6 is 0 Å².